The second-order valence-electron chi connectivity index (χ2n) is 5.51. The maximum absolute atomic E-state index is 4.79. The van der Waals surface area contributed by atoms with E-state index in [0.717, 1.165) is 44.5 Å². The first kappa shape index (κ1) is 20.0. The van der Waals surface area contributed by atoms with E-state index in [9.17, 15) is 0 Å². The lowest BCUT2D eigenvalue weighted by molar-refractivity contribution is 0.381. The Bertz CT molecular complexity index is 437. The summed E-state index contributed by atoms with van der Waals surface area (Å²) in [5.74, 6) is 2.98. The highest BCUT2D eigenvalue weighted by Crippen LogP contribution is 2.24. The van der Waals surface area contributed by atoms with Crippen molar-refractivity contribution in [1.82, 2.24) is 15.2 Å². The molecule has 1 N–H and O–H groups in total. The minimum absolute atomic E-state index is 0. The Kier molecular flexibility index (Phi) is 9.74. The zero-order valence-corrected chi connectivity index (χ0v) is 17.6. The number of nitrogens with zero attached hydrogens (tertiary/aromatic N) is 3. The summed E-state index contributed by atoms with van der Waals surface area (Å²) in [5.41, 5.74) is 0. The number of thioether (sulfide) groups is 1. The molecule has 2 heterocycles. The first-order valence-corrected chi connectivity index (χ1v) is 9.66. The zero-order valence-electron chi connectivity index (χ0n) is 13.6. The van der Waals surface area contributed by atoms with Crippen LogP contribution in [0.15, 0.2) is 16.6 Å². The molecule has 126 valence electrons. The van der Waals surface area contributed by atoms with Crippen LogP contribution >= 0.6 is 47.1 Å². The lowest BCUT2D eigenvalue weighted by atomic mass is 10.1. The number of guanidine groups is 1. The predicted octanol–water partition coefficient (Wildman–Crippen LogP) is 3.34. The molecule has 1 fully saturated rings. The van der Waals surface area contributed by atoms with E-state index in [0.29, 0.717) is 5.25 Å². The molecule has 0 bridgehead atoms. The fourth-order valence-corrected chi connectivity index (χ4v) is 4.24. The van der Waals surface area contributed by atoms with Gasteiger partial charge in [0.2, 0.25) is 0 Å². The molecule has 0 aromatic carbocycles. The molecule has 4 nitrogen and oxygen atoms in total. The number of aromatic nitrogens is 1. The fraction of sp³-hybridized carbons (Fsp3) is 0.733. The molecule has 1 aromatic heterocycles. The third-order valence-electron chi connectivity index (χ3n) is 3.54. The second kappa shape index (κ2) is 10.7. The Morgan fingerprint density at radius 2 is 2.36 bits per heavy atom. The van der Waals surface area contributed by atoms with Gasteiger partial charge in [-0.3, -0.25) is 4.99 Å². The summed E-state index contributed by atoms with van der Waals surface area (Å²) in [6, 6.07) is 0. The zero-order chi connectivity index (χ0) is 15.1. The van der Waals surface area contributed by atoms with Crippen molar-refractivity contribution in [2.45, 2.75) is 32.4 Å². The molecule has 0 radical (unpaired) electrons. The highest BCUT2D eigenvalue weighted by atomic mass is 127. The van der Waals surface area contributed by atoms with Crippen LogP contribution in [0.4, 0.5) is 0 Å². The maximum atomic E-state index is 4.79. The Morgan fingerprint density at radius 3 is 3.00 bits per heavy atom. The van der Waals surface area contributed by atoms with Gasteiger partial charge in [0.05, 0.1) is 5.01 Å². The van der Waals surface area contributed by atoms with Crippen molar-refractivity contribution in [3.8, 4) is 0 Å². The molecule has 2 rings (SSSR count). The van der Waals surface area contributed by atoms with E-state index in [4.69, 9.17) is 4.99 Å². The number of halogens is 1. The summed E-state index contributed by atoms with van der Waals surface area (Å²) in [5, 5.41) is 7.35. The van der Waals surface area contributed by atoms with E-state index < -0.39 is 0 Å². The van der Waals surface area contributed by atoms with Gasteiger partial charge in [-0.2, -0.15) is 11.8 Å². The van der Waals surface area contributed by atoms with Gasteiger partial charge in [-0.25, -0.2) is 4.98 Å². The number of nitrogens with one attached hydrogen (secondary N) is 1. The molecule has 1 unspecified atom stereocenters. The predicted molar refractivity (Wildman–Crippen MR) is 110 cm³/mol. The van der Waals surface area contributed by atoms with Crippen molar-refractivity contribution >= 4 is 53.0 Å². The lowest BCUT2D eigenvalue weighted by Crippen LogP contribution is -2.49. The summed E-state index contributed by atoms with van der Waals surface area (Å²) in [6.45, 7) is 10.7. The van der Waals surface area contributed by atoms with Gasteiger partial charge in [0.1, 0.15) is 0 Å². The van der Waals surface area contributed by atoms with Crippen molar-refractivity contribution in [2.75, 3.05) is 31.9 Å². The van der Waals surface area contributed by atoms with Crippen molar-refractivity contribution in [3.05, 3.63) is 16.6 Å². The molecule has 1 atom stereocenters. The second-order valence-corrected chi connectivity index (χ2v) is 7.84. The van der Waals surface area contributed by atoms with Crippen LogP contribution in [0.25, 0.3) is 0 Å². The summed E-state index contributed by atoms with van der Waals surface area (Å²) in [6.07, 6.45) is 2.80. The Balaban J connectivity index is 0.00000242. The van der Waals surface area contributed by atoms with Crippen LogP contribution in [0.1, 0.15) is 25.8 Å². The summed E-state index contributed by atoms with van der Waals surface area (Å²) < 4.78 is 0. The van der Waals surface area contributed by atoms with E-state index in [2.05, 4.69) is 47.7 Å². The SMILES string of the molecule is CCNC(=NCCc1nccs1)N1CCSC(C(C)C)C1.I. The summed E-state index contributed by atoms with van der Waals surface area (Å²) in [7, 11) is 0. The molecule has 0 aliphatic carbocycles. The Labute approximate surface area is 159 Å². The topological polar surface area (TPSA) is 40.5 Å². The van der Waals surface area contributed by atoms with Gasteiger partial charge < -0.3 is 10.2 Å². The maximum Gasteiger partial charge on any atom is 0.193 e. The minimum Gasteiger partial charge on any atom is -0.357 e. The van der Waals surface area contributed by atoms with E-state index in [1.165, 1.54) is 10.8 Å². The van der Waals surface area contributed by atoms with Gasteiger partial charge >= 0.3 is 0 Å². The molecule has 0 saturated carbocycles. The quantitative estimate of drug-likeness (QED) is 0.421. The molecule has 22 heavy (non-hydrogen) atoms. The van der Waals surface area contributed by atoms with Crippen LogP contribution in [0, 0.1) is 5.92 Å². The van der Waals surface area contributed by atoms with Gasteiger partial charge in [0.15, 0.2) is 5.96 Å². The van der Waals surface area contributed by atoms with Gasteiger partial charge in [-0.1, -0.05) is 13.8 Å². The van der Waals surface area contributed by atoms with E-state index >= 15 is 0 Å². The number of hydrogen-bond donors (Lipinski definition) is 1. The molecule has 0 spiro atoms. The fourth-order valence-electron chi connectivity index (χ4n) is 2.33. The molecule has 7 heteroatoms. The largest absolute Gasteiger partial charge is 0.357 e. The average Bonchev–Trinajstić information content (AvgIpc) is 3.00. The number of hydrogen-bond acceptors (Lipinski definition) is 4. The lowest BCUT2D eigenvalue weighted by Gasteiger charge is -2.36. The van der Waals surface area contributed by atoms with Gasteiger partial charge in [0, 0.05) is 55.2 Å². The van der Waals surface area contributed by atoms with Crippen LogP contribution in [0.5, 0.6) is 0 Å². The Hall–Kier alpha value is -0.0200. The van der Waals surface area contributed by atoms with Crippen LogP contribution in [-0.4, -0.2) is 53.0 Å². The average molecular weight is 454 g/mol. The first-order chi connectivity index (χ1) is 10.2. The number of rotatable bonds is 5. The van der Waals surface area contributed by atoms with Crippen LogP contribution in [-0.2, 0) is 6.42 Å². The van der Waals surface area contributed by atoms with Gasteiger partial charge in [0.25, 0.3) is 0 Å². The van der Waals surface area contributed by atoms with Crippen molar-refractivity contribution < 1.29 is 0 Å². The Morgan fingerprint density at radius 1 is 1.55 bits per heavy atom. The number of thiazole rings is 1. The third kappa shape index (κ3) is 6.23. The van der Waals surface area contributed by atoms with Crippen LogP contribution in [0.2, 0.25) is 0 Å². The molecular weight excluding hydrogens is 427 g/mol. The van der Waals surface area contributed by atoms with Crippen molar-refractivity contribution in [3.63, 3.8) is 0 Å². The molecule has 1 aromatic rings. The van der Waals surface area contributed by atoms with E-state index in [1.807, 2.05) is 11.6 Å². The van der Waals surface area contributed by atoms with E-state index in [1.54, 1.807) is 11.3 Å². The first-order valence-electron chi connectivity index (χ1n) is 7.74. The van der Waals surface area contributed by atoms with Crippen LogP contribution < -0.4 is 5.32 Å². The normalized spacial score (nSPS) is 19.2. The monoisotopic (exact) mass is 454 g/mol. The molecular formula is C15H27IN4S2. The summed E-state index contributed by atoms with van der Waals surface area (Å²) >= 11 is 3.81. The highest BCUT2D eigenvalue weighted by molar-refractivity contribution is 14.0. The van der Waals surface area contributed by atoms with Gasteiger partial charge in [-0.05, 0) is 12.8 Å². The van der Waals surface area contributed by atoms with E-state index in [-0.39, 0.29) is 24.0 Å². The smallest absolute Gasteiger partial charge is 0.193 e. The van der Waals surface area contributed by atoms with Crippen LogP contribution in [0.3, 0.4) is 0 Å². The highest BCUT2D eigenvalue weighted by Gasteiger charge is 2.24. The molecule has 1 aliphatic heterocycles. The molecule has 1 saturated heterocycles. The van der Waals surface area contributed by atoms with Crippen molar-refractivity contribution in [2.24, 2.45) is 10.9 Å². The van der Waals surface area contributed by atoms with Gasteiger partial charge in [-0.15, -0.1) is 35.3 Å². The van der Waals surface area contributed by atoms with Crippen molar-refractivity contribution in [1.29, 1.82) is 0 Å². The minimum atomic E-state index is 0. The molecule has 0 amide bonds. The number of aliphatic imine (C=N–C) groups is 1. The summed E-state index contributed by atoms with van der Waals surface area (Å²) in [4.78, 5) is 11.5. The standard InChI is InChI=1S/C15H26N4S2.HI/c1-4-16-15(18-6-5-14-17-7-9-21-14)19-8-10-20-13(11-19)12(2)3;/h7,9,12-13H,4-6,8,10-11H2,1-3H3,(H,16,18);1H. The third-order valence-corrected chi connectivity index (χ3v) is 5.92. The molecule has 1 aliphatic rings.